The van der Waals surface area contributed by atoms with E-state index < -0.39 is 0 Å². The number of aldehydes is 1. The quantitative estimate of drug-likeness (QED) is 0.325. The van der Waals surface area contributed by atoms with Crippen LogP contribution in [0.5, 0.6) is 11.5 Å². The number of likely N-dealkylation sites (N-methyl/N-ethyl adjacent to an activating group) is 1. The largest absolute Gasteiger partial charge is 0.457 e. The molecule has 36 heavy (non-hydrogen) atoms. The molecule has 0 atom stereocenters. The molecule has 0 saturated carbocycles. The monoisotopic (exact) mass is 489 g/mol. The van der Waals surface area contributed by atoms with Crippen molar-refractivity contribution in [3.63, 3.8) is 0 Å². The van der Waals surface area contributed by atoms with Gasteiger partial charge in [0.25, 0.3) is 0 Å². The van der Waals surface area contributed by atoms with Crippen LogP contribution in [0.4, 0.5) is 11.6 Å². The van der Waals surface area contributed by atoms with Gasteiger partial charge < -0.3 is 30.4 Å². The van der Waals surface area contributed by atoms with Crippen LogP contribution in [-0.2, 0) is 4.79 Å². The molecule has 190 valence electrons. The number of carbonyl (C=O) groups is 1. The molecule has 1 aromatic heterocycles. The predicted octanol–water partition coefficient (Wildman–Crippen LogP) is 3.52. The minimum Gasteiger partial charge on any atom is -0.457 e. The van der Waals surface area contributed by atoms with Gasteiger partial charge in [-0.2, -0.15) is 0 Å². The molecular weight excluding hydrogens is 454 g/mol. The average molecular weight is 490 g/mol. The number of para-hydroxylation sites is 1. The standard InChI is InChI=1S/C23H26N6O.C4H9NO/c1-29-13-11-17(12-14-29)28-23-20(22(25)26-15-27-23)21(24)16-7-9-19(10-8-16)30-18-5-3-2-4-6-18;1-5(2)3-4-6/h2-10,15,17,24H,11-14H2,1H3,(H3,25,26,27,28);4H,3H2,1-2H3. The molecule has 2 heterocycles. The number of ether oxygens (including phenoxy) is 1. The number of rotatable bonds is 8. The molecule has 4 N–H and O–H groups in total. The third-order valence-electron chi connectivity index (χ3n) is 5.75. The summed E-state index contributed by atoms with van der Waals surface area (Å²) in [5.41, 5.74) is 7.70. The fourth-order valence-corrected chi connectivity index (χ4v) is 3.71. The first-order valence-corrected chi connectivity index (χ1v) is 11.9. The van der Waals surface area contributed by atoms with Gasteiger partial charge in [0.15, 0.2) is 0 Å². The summed E-state index contributed by atoms with van der Waals surface area (Å²) in [4.78, 5) is 22.2. The Bertz CT molecular complexity index is 1110. The van der Waals surface area contributed by atoms with E-state index in [2.05, 4.69) is 27.2 Å². The zero-order valence-electron chi connectivity index (χ0n) is 21.1. The van der Waals surface area contributed by atoms with Gasteiger partial charge >= 0.3 is 0 Å². The van der Waals surface area contributed by atoms with Crippen molar-refractivity contribution in [1.82, 2.24) is 19.8 Å². The number of hydrogen-bond donors (Lipinski definition) is 3. The highest BCUT2D eigenvalue weighted by molar-refractivity contribution is 6.16. The second-order valence-electron chi connectivity index (χ2n) is 8.95. The highest BCUT2D eigenvalue weighted by Gasteiger charge is 2.21. The van der Waals surface area contributed by atoms with E-state index in [1.807, 2.05) is 73.6 Å². The number of benzene rings is 2. The van der Waals surface area contributed by atoms with Crippen molar-refractivity contribution in [1.29, 1.82) is 5.41 Å². The number of nitrogens with one attached hydrogen (secondary N) is 2. The van der Waals surface area contributed by atoms with E-state index in [1.165, 1.54) is 6.33 Å². The number of hydrogen-bond acceptors (Lipinski definition) is 9. The average Bonchev–Trinajstić information content (AvgIpc) is 2.87. The van der Waals surface area contributed by atoms with Crippen LogP contribution in [0, 0.1) is 5.41 Å². The van der Waals surface area contributed by atoms with Crippen LogP contribution in [0.25, 0.3) is 0 Å². The Kier molecular flexibility index (Phi) is 9.91. The number of likely N-dealkylation sites (tertiary alicyclic amines) is 1. The summed E-state index contributed by atoms with van der Waals surface area (Å²) >= 11 is 0. The third kappa shape index (κ3) is 7.86. The molecule has 4 rings (SSSR count). The summed E-state index contributed by atoms with van der Waals surface area (Å²) in [5, 5.41) is 12.2. The van der Waals surface area contributed by atoms with Crippen molar-refractivity contribution >= 4 is 23.6 Å². The summed E-state index contributed by atoms with van der Waals surface area (Å²) in [6.07, 6.45) is 4.37. The maximum atomic E-state index is 9.57. The van der Waals surface area contributed by atoms with E-state index in [0.29, 0.717) is 35.5 Å². The molecule has 9 heteroatoms. The van der Waals surface area contributed by atoms with E-state index >= 15 is 0 Å². The summed E-state index contributed by atoms with van der Waals surface area (Å²) in [5.74, 6) is 2.40. The normalized spacial score (nSPS) is 14.0. The van der Waals surface area contributed by atoms with Crippen molar-refractivity contribution in [2.24, 2.45) is 0 Å². The maximum absolute atomic E-state index is 9.57. The van der Waals surface area contributed by atoms with Crippen LogP contribution >= 0.6 is 0 Å². The van der Waals surface area contributed by atoms with E-state index in [9.17, 15) is 4.79 Å². The molecule has 2 aromatic carbocycles. The van der Waals surface area contributed by atoms with Crippen LogP contribution in [0.3, 0.4) is 0 Å². The van der Waals surface area contributed by atoms with Gasteiger partial charge in [-0.25, -0.2) is 9.97 Å². The number of nitrogen functional groups attached to an aromatic ring is 1. The Balaban J connectivity index is 0.000000538. The first-order valence-electron chi connectivity index (χ1n) is 11.9. The van der Waals surface area contributed by atoms with Crippen LogP contribution < -0.4 is 15.8 Å². The zero-order chi connectivity index (χ0) is 25.9. The first-order chi connectivity index (χ1) is 17.4. The Morgan fingerprint density at radius 1 is 1.11 bits per heavy atom. The highest BCUT2D eigenvalue weighted by atomic mass is 16.5. The summed E-state index contributed by atoms with van der Waals surface area (Å²) in [6, 6.07) is 17.3. The van der Waals surface area contributed by atoms with Crippen LogP contribution in [0.2, 0.25) is 0 Å². The molecule has 3 aromatic rings. The Morgan fingerprint density at radius 2 is 1.75 bits per heavy atom. The van der Waals surface area contributed by atoms with Gasteiger partial charge in [0.05, 0.1) is 17.8 Å². The Morgan fingerprint density at radius 3 is 2.33 bits per heavy atom. The molecule has 0 bridgehead atoms. The van der Waals surface area contributed by atoms with Gasteiger partial charge in [0.2, 0.25) is 0 Å². The first kappa shape index (κ1) is 26.8. The predicted molar refractivity (Wildman–Crippen MR) is 144 cm³/mol. The minimum atomic E-state index is 0.287. The second-order valence-corrected chi connectivity index (χ2v) is 8.95. The van der Waals surface area contributed by atoms with Gasteiger partial charge in [0, 0.05) is 11.6 Å². The van der Waals surface area contributed by atoms with Crippen LogP contribution in [0.1, 0.15) is 24.0 Å². The van der Waals surface area contributed by atoms with E-state index in [1.54, 1.807) is 0 Å². The maximum Gasteiger partial charge on any atom is 0.141 e. The lowest BCUT2D eigenvalue weighted by molar-refractivity contribution is -0.108. The molecule has 0 amide bonds. The van der Waals surface area contributed by atoms with Crippen LogP contribution in [0.15, 0.2) is 60.9 Å². The number of piperidine rings is 1. The smallest absolute Gasteiger partial charge is 0.141 e. The molecule has 1 aliphatic rings. The van der Waals surface area contributed by atoms with Crippen molar-refractivity contribution in [2.75, 3.05) is 51.8 Å². The van der Waals surface area contributed by atoms with Gasteiger partial charge in [-0.05, 0) is 83.5 Å². The van der Waals surface area contributed by atoms with Gasteiger partial charge in [-0.15, -0.1) is 0 Å². The molecule has 0 unspecified atom stereocenters. The molecule has 0 spiro atoms. The number of nitrogens with zero attached hydrogens (tertiary/aromatic N) is 4. The fourth-order valence-electron chi connectivity index (χ4n) is 3.71. The summed E-state index contributed by atoms with van der Waals surface area (Å²) < 4.78 is 5.84. The van der Waals surface area contributed by atoms with Gasteiger partial charge in [-0.3, -0.25) is 5.41 Å². The molecular formula is C27H35N7O2. The molecule has 9 nitrogen and oxygen atoms in total. The lowest BCUT2D eigenvalue weighted by Gasteiger charge is -2.30. The second kappa shape index (κ2) is 13.3. The number of anilines is 2. The topological polar surface area (TPSA) is 120 Å². The van der Waals surface area contributed by atoms with Crippen molar-refractivity contribution in [3.05, 3.63) is 72.1 Å². The number of nitrogens with two attached hydrogens (primary N) is 1. The van der Waals surface area contributed by atoms with Crippen LogP contribution in [-0.4, -0.2) is 78.6 Å². The minimum absolute atomic E-state index is 0.287. The molecule has 0 aliphatic carbocycles. The molecule has 1 aliphatic heterocycles. The Hall–Kier alpha value is -3.82. The molecule has 0 radical (unpaired) electrons. The van der Waals surface area contributed by atoms with Crippen molar-refractivity contribution in [2.45, 2.75) is 18.9 Å². The molecule has 1 saturated heterocycles. The number of aromatic nitrogens is 2. The molecule has 1 fully saturated rings. The van der Waals surface area contributed by atoms with Gasteiger partial charge in [0.1, 0.15) is 35.7 Å². The highest BCUT2D eigenvalue weighted by Crippen LogP contribution is 2.26. The number of carbonyl (C=O) groups excluding carboxylic acids is 1. The fraction of sp³-hybridized carbons (Fsp3) is 0.333. The van der Waals surface area contributed by atoms with Crippen molar-refractivity contribution in [3.8, 4) is 11.5 Å². The van der Waals surface area contributed by atoms with E-state index in [4.69, 9.17) is 15.9 Å². The SMILES string of the molecule is CN(C)CC=O.CN1CCC(Nc2ncnc(N)c2C(=N)c2ccc(Oc3ccccc3)cc2)CC1. The van der Waals surface area contributed by atoms with E-state index in [0.717, 1.165) is 43.5 Å². The van der Waals surface area contributed by atoms with E-state index in [-0.39, 0.29) is 5.71 Å². The summed E-state index contributed by atoms with van der Waals surface area (Å²) in [6.45, 7) is 2.60. The zero-order valence-corrected chi connectivity index (χ0v) is 21.1. The van der Waals surface area contributed by atoms with Gasteiger partial charge in [-0.1, -0.05) is 18.2 Å². The summed E-state index contributed by atoms with van der Waals surface area (Å²) in [7, 11) is 5.84. The lowest BCUT2D eigenvalue weighted by Crippen LogP contribution is -2.37. The third-order valence-corrected chi connectivity index (χ3v) is 5.75. The van der Waals surface area contributed by atoms with Crippen molar-refractivity contribution < 1.29 is 9.53 Å². The lowest BCUT2D eigenvalue weighted by atomic mass is 10.0. The Labute approximate surface area is 212 Å².